The molecule has 2 N–H and O–H groups in total. The number of amides is 3. The average molecular weight is 382 g/mol. The van der Waals surface area contributed by atoms with Crippen molar-refractivity contribution in [1.82, 2.24) is 4.90 Å². The van der Waals surface area contributed by atoms with Crippen molar-refractivity contribution in [2.45, 2.75) is 13.8 Å². The third-order valence-electron chi connectivity index (χ3n) is 4.59. The number of anilines is 3. The highest BCUT2D eigenvalue weighted by Crippen LogP contribution is 2.19. The molecule has 2 aromatic carbocycles. The normalized spacial score (nSPS) is 13.8. The molecule has 7 heteroatoms. The zero-order valence-electron chi connectivity index (χ0n) is 16.3. The molecular formula is C21H26N4O3. The summed E-state index contributed by atoms with van der Waals surface area (Å²) in [4.78, 5) is 28.0. The van der Waals surface area contributed by atoms with Gasteiger partial charge in [0.1, 0.15) is 0 Å². The number of hydrogen-bond donors (Lipinski definition) is 2. The number of benzene rings is 2. The SMILES string of the molecule is CCOC(=O)Nc1ccc(NC(=O)N2CCN(c3cccc(C)c3)CC2)cc1. The van der Waals surface area contributed by atoms with Crippen LogP contribution in [0.5, 0.6) is 0 Å². The standard InChI is InChI=1S/C21H26N4O3/c1-3-28-21(27)23-18-9-7-17(8-10-18)22-20(26)25-13-11-24(12-14-25)19-6-4-5-16(2)15-19/h4-10,15H,3,11-14H2,1-2H3,(H,22,26)(H,23,27). The zero-order chi connectivity index (χ0) is 19.9. The Morgan fingerprint density at radius 1 is 0.964 bits per heavy atom. The van der Waals surface area contributed by atoms with E-state index in [1.807, 2.05) is 4.90 Å². The van der Waals surface area contributed by atoms with E-state index in [9.17, 15) is 9.59 Å². The molecule has 2 aromatic rings. The number of ether oxygens (including phenoxy) is 1. The van der Waals surface area contributed by atoms with E-state index in [1.54, 1.807) is 31.2 Å². The molecule has 0 spiro atoms. The van der Waals surface area contributed by atoms with Crippen LogP contribution in [0.1, 0.15) is 12.5 Å². The first kappa shape index (κ1) is 19.5. The van der Waals surface area contributed by atoms with E-state index >= 15 is 0 Å². The summed E-state index contributed by atoms with van der Waals surface area (Å²) < 4.78 is 4.84. The number of carbonyl (C=O) groups excluding carboxylic acids is 2. The van der Waals surface area contributed by atoms with E-state index in [1.165, 1.54) is 11.3 Å². The Morgan fingerprint density at radius 2 is 1.61 bits per heavy atom. The Bertz CT molecular complexity index is 815. The highest BCUT2D eigenvalue weighted by Gasteiger charge is 2.21. The first-order valence-corrected chi connectivity index (χ1v) is 9.46. The van der Waals surface area contributed by atoms with Gasteiger partial charge in [-0.25, -0.2) is 9.59 Å². The van der Waals surface area contributed by atoms with Gasteiger partial charge in [-0.3, -0.25) is 5.32 Å². The van der Waals surface area contributed by atoms with E-state index in [2.05, 4.69) is 46.7 Å². The summed E-state index contributed by atoms with van der Waals surface area (Å²) in [6.07, 6.45) is -0.495. The van der Waals surface area contributed by atoms with Crippen molar-refractivity contribution in [2.75, 3.05) is 48.3 Å². The Balaban J connectivity index is 1.49. The first-order valence-electron chi connectivity index (χ1n) is 9.46. The van der Waals surface area contributed by atoms with Crippen LogP contribution in [0.15, 0.2) is 48.5 Å². The monoisotopic (exact) mass is 382 g/mol. The van der Waals surface area contributed by atoms with E-state index < -0.39 is 6.09 Å². The van der Waals surface area contributed by atoms with Gasteiger partial charge in [0.15, 0.2) is 0 Å². The minimum atomic E-state index is -0.495. The fraction of sp³-hybridized carbons (Fsp3) is 0.333. The van der Waals surface area contributed by atoms with Crippen LogP contribution in [0, 0.1) is 6.92 Å². The molecule has 0 unspecified atom stereocenters. The number of carbonyl (C=O) groups is 2. The molecule has 3 amide bonds. The molecule has 0 bridgehead atoms. The number of urea groups is 1. The third-order valence-corrected chi connectivity index (χ3v) is 4.59. The lowest BCUT2D eigenvalue weighted by Crippen LogP contribution is -2.50. The Hall–Kier alpha value is -3.22. The highest BCUT2D eigenvalue weighted by atomic mass is 16.5. The van der Waals surface area contributed by atoms with E-state index in [4.69, 9.17) is 4.74 Å². The molecule has 0 saturated carbocycles. The molecule has 3 rings (SSSR count). The van der Waals surface area contributed by atoms with Crippen molar-refractivity contribution in [3.63, 3.8) is 0 Å². The Kier molecular flexibility index (Phi) is 6.37. The fourth-order valence-corrected chi connectivity index (χ4v) is 3.12. The van der Waals surface area contributed by atoms with Gasteiger partial charge in [-0.2, -0.15) is 0 Å². The third kappa shape index (κ3) is 5.16. The Labute approximate surface area is 165 Å². The van der Waals surface area contributed by atoms with Crippen LogP contribution >= 0.6 is 0 Å². The zero-order valence-corrected chi connectivity index (χ0v) is 16.3. The molecule has 0 radical (unpaired) electrons. The van der Waals surface area contributed by atoms with E-state index in [0.29, 0.717) is 31.1 Å². The molecule has 1 saturated heterocycles. The maximum atomic E-state index is 12.5. The quantitative estimate of drug-likeness (QED) is 0.841. The van der Waals surface area contributed by atoms with Gasteiger partial charge in [0, 0.05) is 43.2 Å². The van der Waals surface area contributed by atoms with Gasteiger partial charge in [-0.1, -0.05) is 12.1 Å². The molecule has 1 aliphatic heterocycles. The minimum absolute atomic E-state index is 0.116. The molecule has 0 aromatic heterocycles. The van der Waals surface area contributed by atoms with Crippen LogP contribution in [0.3, 0.4) is 0 Å². The summed E-state index contributed by atoms with van der Waals surface area (Å²) in [5.74, 6) is 0. The summed E-state index contributed by atoms with van der Waals surface area (Å²) in [6.45, 7) is 7.10. The van der Waals surface area contributed by atoms with Crippen LogP contribution in [0.25, 0.3) is 0 Å². The van der Waals surface area contributed by atoms with Gasteiger partial charge in [0.25, 0.3) is 0 Å². The number of hydrogen-bond acceptors (Lipinski definition) is 4. The van der Waals surface area contributed by atoms with Gasteiger partial charge >= 0.3 is 12.1 Å². The van der Waals surface area contributed by atoms with Gasteiger partial charge < -0.3 is 19.9 Å². The number of nitrogens with zero attached hydrogens (tertiary/aromatic N) is 2. The van der Waals surface area contributed by atoms with Crippen molar-refractivity contribution < 1.29 is 14.3 Å². The second kappa shape index (κ2) is 9.12. The van der Waals surface area contributed by atoms with Crippen molar-refractivity contribution >= 4 is 29.2 Å². The number of aryl methyl sites for hydroxylation is 1. The van der Waals surface area contributed by atoms with E-state index in [0.717, 1.165) is 13.1 Å². The van der Waals surface area contributed by atoms with Gasteiger partial charge in [0.05, 0.1) is 6.61 Å². The molecule has 28 heavy (non-hydrogen) atoms. The van der Waals surface area contributed by atoms with Crippen LogP contribution in [0.4, 0.5) is 26.7 Å². The van der Waals surface area contributed by atoms with Gasteiger partial charge in [0.2, 0.25) is 0 Å². The highest BCUT2D eigenvalue weighted by molar-refractivity contribution is 5.90. The first-order chi connectivity index (χ1) is 13.5. The van der Waals surface area contributed by atoms with Gasteiger partial charge in [-0.15, -0.1) is 0 Å². The molecule has 7 nitrogen and oxygen atoms in total. The predicted molar refractivity (Wildman–Crippen MR) is 111 cm³/mol. The van der Waals surface area contributed by atoms with Crippen LogP contribution in [-0.4, -0.2) is 49.8 Å². The minimum Gasteiger partial charge on any atom is -0.450 e. The molecule has 1 aliphatic rings. The van der Waals surface area contributed by atoms with Crippen molar-refractivity contribution in [2.24, 2.45) is 0 Å². The summed E-state index contributed by atoms with van der Waals surface area (Å²) in [6, 6.07) is 15.3. The molecular weight excluding hydrogens is 356 g/mol. The molecule has 1 fully saturated rings. The van der Waals surface area contributed by atoms with Gasteiger partial charge in [-0.05, 0) is 55.8 Å². The van der Waals surface area contributed by atoms with Crippen molar-refractivity contribution in [1.29, 1.82) is 0 Å². The summed E-state index contributed by atoms with van der Waals surface area (Å²) in [5.41, 5.74) is 3.73. The summed E-state index contributed by atoms with van der Waals surface area (Å²) in [5, 5.41) is 5.53. The lowest BCUT2D eigenvalue weighted by molar-refractivity contribution is 0.168. The van der Waals surface area contributed by atoms with Crippen LogP contribution < -0.4 is 15.5 Å². The molecule has 0 atom stereocenters. The maximum Gasteiger partial charge on any atom is 0.411 e. The molecule has 148 valence electrons. The lowest BCUT2D eigenvalue weighted by Gasteiger charge is -2.36. The number of nitrogens with one attached hydrogen (secondary N) is 2. The summed E-state index contributed by atoms with van der Waals surface area (Å²) in [7, 11) is 0. The van der Waals surface area contributed by atoms with Crippen LogP contribution in [-0.2, 0) is 4.74 Å². The molecule has 0 aliphatic carbocycles. The fourth-order valence-electron chi connectivity index (χ4n) is 3.12. The smallest absolute Gasteiger partial charge is 0.411 e. The van der Waals surface area contributed by atoms with Crippen molar-refractivity contribution in [3.8, 4) is 0 Å². The molecule has 1 heterocycles. The topological polar surface area (TPSA) is 73.9 Å². The second-order valence-electron chi connectivity index (χ2n) is 6.67. The predicted octanol–water partition coefficient (Wildman–Crippen LogP) is 3.92. The second-order valence-corrected chi connectivity index (χ2v) is 6.67. The number of rotatable bonds is 4. The maximum absolute atomic E-state index is 12.5. The van der Waals surface area contributed by atoms with E-state index in [-0.39, 0.29) is 6.03 Å². The average Bonchev–Trinajstić information content (AvgIpc) is 2.70. The van der Waals surface area contributed by atoms with Crippen LogP contribution in [0.2, 0.25) is 0 Å². The Morgan fingerprint density at radius 3 is 2.21 bits per heavy atom. The largest absolute Gasteiger partial charge is 0.450 e. The van der Waals surface area contributed by atoms with Crippen molar-refractivity contribution in [3.05, 3.63) is 54.1 Å². The lowest BCUT2D eigenvalue weighted by atomic mass is 10.2. The summed E-state index contributed by atoms with van der Waals surface area (Å²) >= 11 is 0. The number of piperazine rings is 1.